The molecule has 3 rings (SSSR count). The molecule has 2 heterocycles. The van der Waals surface area contributed by atoms with Crippen LogP contribution in [0.5, 0.6) is 17.5 Å². The Hall–Kier alpha value is -2.68. The number of ether oxygens (including phenoxy) is 2. The van der Waals surface area contributed by atoms with E-state index in [0.717, 1.165) is 18.2 Å². The van der Waals surface area contributed by atoms with E-state index in [0.29, 0.717) is 22.5 Å². The lowest BCUT2D eigenvalue weighted by Gasteiger charge is -2.09. The number of nitrogens with zero attached hydrogens (tertiary/aromatic N) is 1. The number of halogens is 5. The largest absolute Gasteiger partial charge is 0.473 e. The standard InChI is InChI=1S/C18H12F5NO2S/c1-10-4-16(25-8-11-2-3-13(19)14(20)6-11)24-17(5-10)26-12-7-15(27-9-12)18(21,22)23/h2-7,9H,8H2,1H3. The number of hydrogen-bond acceptors (Lipinski definition) is 4. The molecule has 9 heteroatoms. The Morgan fingerprint density at radius 1 is 1.00 bits per heavy atom. The molecular formula is C18H12F5NO2S. The van der Waals surface area contributed by atoms with Crippen LogP contribution in [0.1, 0.15) is 16.0 Å². The fourth-order valence-electron chi connectivity index (χ4n) is 2.16. The van der Waals surface area contributed by atoms with Crippen molar-refractivity contribution in [3.05, 3.63) is 69.4 Å². The van der Waals surface area contributed by atoms with Gasteiger partial charge >= 0.3 is 6.18 Å². The molecule has 2 aromatic heterocycles. The SMILES string of the molecule is Cc1cc(OCc2ccc(F)c(F)c2)nc(Oc2csc(C(F)(F)F)c2)c1. The molecule has 0 aliphatic heterocycles. The normalized spacial score (nSPS) is 11.5. The van der Waals surface area contributed by atoms with Gasteiger partial charge in [-0.05, 0) is 30.2 Å². The van der Waals surface area contributed by atoms with Gasteiger partial charge in [0.2, 0.25) is 11.8 Å². The van der Waals surface area contributed by atoms with Crippen LogP contribution in [-0.4, -0.2) is 4.98 Å². The molecule has 142 valence electrons. The minimum Gasteiger partial charge on any atom is -0.473 e. The molecule has 0 saturated carbocycles. The number of alkyl halides is 3. The third-order valence-corrected chi connectivity index (χ3v) is 4.32. The first-order chi connectivity index (χ1) is 12.7. The molecule has 0 spiro atoms. The summed E-state index contributed by atoms with van der Waals surface area (Å²) in [5.74, 6) is -1.74. The Kier molecular flexibility index (Phi) is 5.31. The average Bonchev–Trinajstić information content (AvgIpc) is 3.04. The minimum atomic E-state index is -4.44. The molecule has 0 aliphatic carbocycles. The Bertz CT molecular complexity index is 955. The Balaban J connectivity index is 1.72. The van der Waals surface area contributed by atoms with Crippen LogP contribution in [0.25, 0.3) is 0 Å². The van der Waals surface area contributed by atoms with Crippen molar-refractivity contribution < 1.29 is 31.4 Å². The molecule has 0 bridgehead atoms. The lowest BCUT2D eigenvalue weighted by Crippen LogP contribution is -2.01. The summed E-state index contributed by atoms with van der Waals surface area (Å²) >= 11 is 0.519. The first kappa shape index (κ1) is 19.1. The van der Waals surface area contributed by atoms with Gasteiger partial charge in [-0.15, -0.1) is 11.3 Å². The monoisotopic (exact) mass is 401 g/mol. The van der Waals surface area contributed by atoms with Crippen molar-refractivity contribution in [2.24, 2.45) is 0 Å². The maximum Gasteiger partial charge on any atom is 0.425 e. The van der Waals surface area contributed by atoms with Crippen molar-refractivity contribution in [1.29, 1.82) is 0 Å². The van der Waals surface area contributed by atoms with E-state index in [1.807, 2.05) is 0 Å². The zero-order valence-corrected chi connectivity index (χ0v) is 14.6. The maximum absolute atomic E-state index is 13.2. The highest BCUT2D eigenvalue weighted by Crippen LogP contribution is 2.37. The molecule has 0 radical (unpaired) electrons. The van der Waals surface area contributed by atoms with Gasteiger partial charge in [0.25, 0.3) is 0 Å². The lowest BCUT2D eigenvalue weighted by molar-refractivity contribution is -0.134. The summed E-state index contributed by atoms with van der Waals surface area (Å²) in [6.45, 7) is 1.66. The number of thiophene rings is 1. The van der Waals surface area contributed by atoms with Crippen molar-refractivity contribution >= 4 is 11.3 Å². The van der Waals surface area contributed by atoms with Gasteiger partial charge in [0.05, 0.1) is 0 Å². The zero-order valence-electron chi connectivity index (χ0n) is 13.8. The maximum atomic E-state index is 13.2. The molecule has 0 atom stereocenters. The molecule has 0 fully saturated rings. The van der Waals surface area contributed by atoms with Crippen molar-refractivity contribution in [3.63, 3.8) is 0 Å². The van der Waals surface area contributed by atoms with E-state index in [1.54, 1.807) is 13.0 Å². The Morgan fingerprint density at radius 3 is 2.41 bits per heavy atom. The summed E-state index contributed by atoms with van der Waals surface area (Å²) in [4.78, 5) is 3.29. The van der Waals surface area contributed by atoms with Crippen LogP contribution in [0.2, 0.25) is 0 Å². The average molecular weight is 401 g/mol. The van der Waals surface area contributed by atoms with Gasteiger partial charge in [0.15, 0.2) is 11.6 Å². The highest BCUT2D eigenvalue weighted by atomic mass is 32.1. The number of hydrogen-bond donors (Lipinski definition) is 0. The molecule has 0 unspecified atom stereocenters. The van der Waals surface area contributed by atoms with Crippen molar-refractivity contribution in [1.82, 2.24) is 4.98 Å². The first-order valence-electron chi connectivity index (χ1n) is 7.60. The highest BCUT2D eigenvalue weighted by Gasteiger charge is 2.32. The van der Waals surface area contributed by atoms with Crippen LogP contribution in [0.4, 0.5) is 22.0 Å². The second-order valence-corrected chi connectivity index (χ2v) is 6.52. The molecule has 0 amide bonds. The fraction of sp³-hybridized carbons (Fsp3) is 0.167. The molecule has 1 aromatic carbocycles. The quantitative estimate of drug-likeness (QED) is 0.483. The molecular weight excluding hydrogens is 389 g/mol. The second kappa shape index (κ2) is 7.51. The number of benzene rings is 1. The van der Waals surface area contributed by atoms with E-state index in [1.165, 1.54) is 17.5 Å². The summed E-state index contributed by atoms with van der Waals surface area (Å²) < 4.78 is 74.9. The van der Waals surface area contributed by atoms with Crippen molar-refractivity contribution in [2.45, 2.75) is 19.7 Å². The molecule has 27 heavy (non-hydrogen) atoms. The van der Waals surface area contributed by atoms with E-state index in [4.69, 9.17) is 9.47 Å². The third kappa shape index (κ3) is 4.94. The predicted octanol–water partition coefficient (Wildman–Crippen LogP) is 6.12. The predicted molar refractivity (Wildman–Crippen MR) is 89.1 cm³/mol. The lowest BCUT2D eigenvalue weighted by atomic mass is 10.2. The van der Waals surface area contributed by atoms with Crippen LogP contribution >= 0.6 is 11.3 Å². The van der Waals surface area contributed by atoms with Gasteiger partial charge in [0, 0.05) is 23.6 Å². The molecule has 3 aromatic rings. The van der Waals surface area contributed by atoms with E-state index >= 15 is 0 Å². The van der Waals surface area contributed by atoms with Crippen LogP contribution in [-0.2, 0) is 12.8 Å². The van der Waals surface area contributed by atoms with Gasteiger partial charge < -0.3 is 9.47 Å². The van der Waals surface area contributed by atoms with E-state index in [2.05, 4.69) is 4.98 Å². The van der Waals surface area contributed by atoms with Gasteiger partial charge in [-0.3, -0.25) is 0 Å². The third-order valence-electron chi connectivity index (χ3n) is 3.37. The Labute approximate surface area is 155 Å². The minimum absolute atomic E-state index is 0.0111. The number of aryl methyl sites for hydroxylation is 1. The van der Waals surface area contributed by atoms with Crippen LogP contribution < -0.4 is 9.47 Å². The van der Waals surface area contributed by atoms with Gasteiger partial charge in [-0.2, -0.15) is 18.2 Å². The summed E-state index contributed by atoms with van der Waals surface area (Å²) in [7, 11) is 0. The number of rotatable bonds is 5. The van der Waals surface area contributed by atoms with E-state index in [9.17, 15) is 22.0 Å². The zero-order chi connectivity index (χ0) is 19.6. The van der Waals surface area contributed by atoms with Gasteiger partial charge in [-0.1, -0.05) is 6.07 Å². The summed E-state index contributed by atoms with van der Waals surface area (Å²) in [6.07, 6.45) is -4.44. The number of aromatic nitrogens is 1. The first-order valence-corrected chi connectivity index (χ1v) is 8.47. The molecule has 3 nitrogen and oxygen atoms in total. The fourth-order valence-corrected chi connectivity index (χ4v) is 2.84. The summed E-state index contributed by atoms with van der Waals surface area (Å²) in [5.41, 5.74) is 1.10. The summed E-state index contributed by atoms with van der Waals surface area (Å²) in [6, 6.07) is 7.37. The molecule has 0 N–H and O–H groups in total. The second-order valence-electron chi connectivity index (χ2n) is 5.60. The van der Waals surface area contributed by atoms with Crippen molar-refractivity contribution in [2.75, 3.05) is 0 Å². The van der Waals surface area contributed by atoms with Crippen LogP contribution in [0.15, 0.2) is 41.8 Å². The highest BCUT2D eigenvalue weighted by molar-refractivity contribution is 7.10. The Morgan fingerprint density at radius 2 is 1.74 bits per heavy atom. The number of pyridine rings is 1. The van der Waals surface area contributed by atoms with E-state index in [-0.39, 0.29) is 24.1 Å². The van der Waals surface area contributed by atoms with Gasteiger partial charge in [0.1, 0.15) is 17.2 Å². The smallest absolute Gasteiger partial charge is 0.425 e. The van der Waals surface area contributed by atoms with E-state index < -0.39 is 22.7 Å². The summed E-state index contributed by atoms with van der Waals surface area (Å²) in [5, 5.41) is 1.23. The van der Waals surface area contributed by atoms with Crippen LogP contribution in [0, 0.1) is 18.6 Å². The van der Waals surface area contributed by atoms with Crippen LogP contribution in [0.3, 0.4) is 0 Å². The topological polar surface area (TPSA) is 31.4 Å². The van der Waals surface area contributed by atoms with Crippen molar-refractivity contribution in [3.8, 4) is 17.5 Å². The van der Waals surface area contributed by atoms with Gasteiger partial charge in [-0.25, -0.2) is 8.78 Å². The molecule has 0 aliphatic rings. The molecule has 0 saturated heterocycles.